The Morgan fingerprint density at radius 2 is 1.64 bits per heavy atom. The SMILES string of the molecule is CCOC(=O)C(C)Oc1ccc(SCc2sc(-c3ccc(C(F)(F)F)cc3)nc2CN2CCN(c3ccc(OC(F)(F)F)cc3)CC2)cc1C. The van der Waals surface area contributed by atoms with Gasteiger partial charge in [-0.3, -0.25) is 4.90 Å². The molecule has 268 valence electrons. The number of rotatable bonds is 12. The number of carbonyl (C=O) groups is 1. The zero-order valence-electron chi connectivity index (χ0n) is 27.4. The van der Waals surface area contributed by atoms with E-state index in [1.165, 1.54) is 35.6 Å². The van der Waals surface area contributed by atoms with Crippen LogP contribution in [-0.4, -0.2) is 61.1 Å². The quantitative estimate of drug-likeness (QED) is 0.0811. The minimum Gasteiger partial charge on any atom is -0.479 e. The summed E-state index contributed by atoms with van der Waals surface area (Å²) in [5.41, 5.74) is 2.34. The Hall–Kier alpha value is -3.95. The third-order valence-corrected chi connectivity index (χ3v) is 10.2. The van der Waals surface area contributed by atoms with E-state index in [9.17, 15) is 31.1 Å². The van der Waals surface area contributed by atoms with Gasteiger partial charge in [0.15, 0.2) is 6.10 Å². The van der Waals surface area contributed by atoms with Crippen molar-refractivity contribution in [2.24, 2.45) is 0 Å². The number of carbonyl (C=O) groups excluding carboxylic acids is 1. The van der Waals surface area contributed by atoms with Crippen molar-refractivity contribution in [1.82, 2.24) is 9.88 Å². The summed E-state index contributed by atoms with van der Waals surface area (Å²) in [6.07, 6.45) is -9.95. The van der Waals surface area contributed by atoms with Crippen molar-refractivity contribution in [3.8, 4) is 22.1 Å². The Bertz CT molecular complexity index is 1740. The lowest BCUT2D eigenvalue weighted by atomic mass is 10.1. The number of hydrogen-bond donors (Lipinski definition) is 0. The minimum atomic E-state index is -4.75. The zero-order valence-corrected chi connectivity index (χ0v) is 29.1. The van der Waals surface area contributed by atoms with Crippen molar-refractivity contribution in [2.75, 3.05) is 37.7 Å². The fourth-order valence-corrected chi connectivity index (χ4v) is 7.44. The van der Waals surface area contributed by atoms with Crippen molar-refractivity contribution in [3.05, 3.63) is 88.4 Å². The second-order valence-corrected chi connectivity index (χ2v) is 13.6. The molecule has 0 spiro atoms. The smallest absolute Gasteiger partial charge is 0.479 e. The van der Waals surface area contributed by atoms with E-state index in [2.05, 4.69) is 14.5 Å². The molecule has 1 atom stereocenters. The summed E-state index contributed by atoms with van der Waals surface area (Å²) in [5, 5.41) is 0.622. The van der Waals surface area contributed by atoms with Crippen molar-refractivity contribution in [2.45, 2.75) is 56.6 Å². The normalized spacial score (nSPS) is 14.8. The summed E-state index contributed by atoms with van der Waals surface area (Å²) >= 11 is 3.03. The number of aromatic nitrogens is 1. The highest BCUT2D eigenvalue weighted by molar-refractivity contribution is 7.98. The van der Waals surface area contributed by atoms with Gasteiger partial charge in [-0.25, -0.2) is 9.78 Å². The standard InChI is InChI=1S/C35H35F6N3O4S2/c1-4-46-33(45)23(3)47-30-14-13-28(19-22(30)2)49-21-31-29(42-32(50-31)24-5-7-25(8-6-24)34(36,37)38)20-43-15-17-44(18-16-43)26-9-11-27(12-10-26)48-35(39,40)41/h5-14,19,23H,4,15-18,20-21H2,1-3H3. The molecule has 1 saturated heterocycles. The molecule has 0 aliphatic carbocycles. The first-order valence-electron chi connectivity index (χ1n) is 15.7. The minimum absolute atomic E-state index is 0.263. The number of anilines is 1. The molecule has 15 heteroatoms. The molecule has 3 aromatic carbocycles. The van der Waals surface area contributed by atoms with E-state index in [0.717, 1.165) is 38.9 Å². The average molecular weight is 740 g/mol. The number of nitrogens with zero attached hydrogens (tertiary/aromatic N) is 3. The lowest BCUT2D eigenvalue weighted by molar-refractivity contribution is -0.274. The Balaban J connectivity index is 1.28. The number of esters is 1. The van der Waals surface area contributed by atoms with Gasteiger partial charge in [0.1, 0.15) is 16.5 Å². The first-order chi connectivity index (χ1) is 23.7. The second kappa shape index (κ2) is 15.9. The predicted octanol–water partition coefficient (Wildman–Crippen LogP) is 8.98. The van der Waals surface area contributed by atoms with Crippen LogP contribution in [0.1, 0.15) is 35.5 Å². The first-order valence-corrected chi connectivity index (χ1v) is 17.5. The van der Waals surface area contributed by atoms with Crippen LogP contribution in [0, 0.1) is 6.92 Å². The lowest BCUT2D eigenvalue weighted by Gasteiger charge is -2.36. The molecule has 1 aliphatic heterocycles. The van der Waals surface area contributed by atoms with E-state index in [-0.39, 0.29) is 12.4 Å². The molecule has 1 aliphatic rings. The van der Waals surface area contributed by atoms with E-state index < -0.39 is 30.2 Å². The van der Waals surface area contributed by atoms with Crippen molar-refractivity contribution < 1.29 is 45.3 Å². The summed E-state index contributed by atoms with van der Waals surface area (Å²) in [6.45, 7) is 8.67. The highest BCUT2D eigenvalue weighted by Gasteiger charge is 2.32. The topological polar surface area (TPSA) is 64.1 Å². The molecule has 50 heavy (non-hydrogen) atoms. The zero-order chi connectivity index (χ0) is 36.1. The maximum atomic E-state index is 13.2. The summed E-state index contributed by atoms with van der Waals surface area (Å²) < 4.78 is 92.1. The van der Waals surface area contributed by atoms with E-state index >= 15 is 0 Å². The van der Waals surface area contributed by atoms with Crippen LogP contribution in [0.3, 0.4) is 0 Å². The van der Waals surface area contributed by atoms with Gasteiger partial charge < -0.3 is 19.1 Å². The van der Waals surface area contributed by atoms with Gasteiger partial charge in [-0.05, 0) is 80.9 Å². The van der Waals surface area contributed by atoms with Gasteiger partial charge in [-0.2, -0.15) is 13.2 Å². The summed E-state index contributed by atoms with van der Waals surface area (Å²) in [7, 11) is 0. The molecule has 7 nitrogen and oxygen atoms in total. The molecule has 5 rings (SSSR count). The monoisotopic (exact) mass is 739 g/mol. The maximum absolute atomic E-state index is 13.2. The number of alkyl halides is 6. The van der Waals surface area contributed by atoms with Gasteiger partial charge in [0.25, 0.3) is 0 Å². The van der Waals surface area contributed by atoms with Crippen LogP contribution in [0.2, 0.25) is 0 Å². The van der Waals surface area contributed by atoms with Gasteiger partial charge in [0.2, 0.25) is 0 Å². The first kappa shape index (κ1) is 37.3. The third-order valence-electron chi connectivity index (χ3n) is 7.86. The molecule has 0 saturated carbocycles. The molecular weight excluding hydrogens is 705 g/mol. The number of piperazine rings is 1. The lowest BCUT2D eigenvalue weighted by Crippen LogP contribution is -2.46. The highest BCUT2D eigenvalue weighted by atomic mass is 32.2. The van der Waals surface area contributed by atoms with Crippen LogP contribution in [0.25, 0.3) is 10.6 Å². The maximum Gasteiger partial charge on any atom is 0.573 e. The van der Waals surface area contributed by atoms with Gasteiger partial charge in [-0.1, -0.05) is 12.1 Å². The molecule has 0 amide bonds. The molecule has 1 aromatic heterocycles. The number of thiazole rings is 1. The Labute approximate surface area is 294 Å². The fourth-order valence-electron chi connectivity index (χ4n) is 5.27. The van der Waals surface area contributed by atoms with Gasteiger partial charge in [-0.15, -0.1) is 36.3 Å². The van der Waals surface area contributed by atoms with E-state index in [0.29, 0.717) is 54.8 Å². The van der Waals surface area contributed by atoms with E-state index in [1.54, 1.807) is 37.7 Å². The molecule has 0 N–H and O–H groups in total. The average Bonchev–Trinajstić information content (AvgIpc) is 3.47. The number of ether oxygens (including phenoxy) is 3. The van der Waals surface area contributed by atoms with Crippen LogP contribution in [0.5, 0.6) is 11.5 Å². The number of thioether (sulfide) groups is 1. The van der Waals surface area contributed by atoms with E-state index in [4.69, 9.17) is 14.5 Å². The molecular formula is C35H35F6N3O4S2. The van der Waals surface area contributed by atoms with Crippen LogP contribution >= 0.6 is 23.1 Å². The number of hydrogen-bond acceptors (Lipinski definition) is 9. The van der Waals surface area contributed by atoms with Crippen molar-refractivity contribution >= 4 is 34.8 Å². The van der Waals surface area contributed by atoms with Gasteiger partial charge in [0, 0.05) is 59.5 Å². The predicted molar refractivity (Wildman–Crippen MR) is 181 cm³/mol. The van der Waals surface area contributed by atoms with Crippen LogP contribution < -0.4 is 14.4 Å². The Kier molecular flexibility index (Phi) is 11.9. The van der Waals surface area contributed by atoms with Crippen LogP contribution in [-0.2, 0) is 28.0 Å². The molecule has 1 fully saturated rings. The molecule has 2 heterocycles. The number of halogens is 6. The van der Waals surface area contributed by atoms with Gasteiger partial charge in [0.05, 0.1) is 17.9 Å². The van der Waals surface area contributed by atoms with Crippen LogP contribution in [0.4, 0.5) is 32.0 Å². The Morgan fingerprint density at radius 3 is 2.24 bits per heavy atom. The Morgan fingerprint density at radius 1 is 0.960 bits per heavy atom. The summed E-state index contributed by atoms with van der Waals surface area (Å²) in [6, 6.07) is 16.5. The highest BCUT2D eigenvalue weighted by Crippen LogP contribution is 2.37. The molecule has 0 bridgehead atoms. The second-order valence-electron chi connectivity index (χ2n) is 11.5. The van der Waals surface area contributed by atoms with Gasteiger partial charge >= 0.3 is 18.5 Å². The summed E-state index contributed by atoms with van der Waals surface area (Å²) in [5.74, 6) is 0.420. The van der Waals surface area contributed by atoms with E-state index in [1.807, 2.05) is 25.1 Å². The molecule has 1 unspecified atom stereocenters. The number of benzene rings is 3. The largest absolute Gasteiger partial charge is 0.573 e. The summed E-state index contributed by atoms with van der Waals surface area (Å²) in [4.78, 5) is 23.2. The number of aryl methyl sites for hydroxylation is 1. The van der Waals surface area contributed by atoms with Crippen LogP contribution in [0.15, 0.2) is 71.6 Å². The third kappa shape index (κ3) is 10.1. The van der Waals surface area contributed by atoms with Crippen molar-refractivity contribution in [3.63, 3.8) is 0 Å². The fraction of sp³-hybridized carbons (Fsp3) is 0.371. The molecule has 4 aromatic rings. The van der Waals surface area contributed by atoms with Crippen molar-refractivity contribution in [1.29, 1.82) is 0 Å². The molecule has 0 radical (unpaired) electrons.